The summed E-state index contributed by atoms with van der Waals surface area (Å²) in [6.07, 6.45) is 1.41. The minimum absolute atomic E-state index is 0.0240. The van der Waals surface area contributed by atoms with Crippen LogP contribution in [0.25, 0.3) is 0 Å². The van der Waals surface area contributed by atoms with Crippen molar-refractivity contribution < 1.29 is 4.79 Å². The molecule has 1 amide bonds. The van der Waals surface area contributed by atoms with Gasteiger partial charge in [0, 0.05) is 29.5 Å². The van der Waals surface area contributed by atoms with Gasteiger partial charge in [0.15, 0.2) is 0 Å². The van der Waals surface area contributed by atoms with Gasteiger partial charge in [0.1, 0.15) is 0 Å². The molecular weight excluding hydrogens is 312 g/mol. The molecule has 0 saturated heterocycles. The first-order chi connectivity index (χ1) is 12.1. The highest BCUT2D eigenvalue weighted by Gasteiger charge is 2.13. The maximum Gasteiger partial charge on any atom is 0.225 e. The molecule has 0 aliphatic rings. The van der Waals surface area contributed by atoms with Crippen molar-refractivity contribution >= 4 is 23.0 Å². The summed E-state index contributed by atoms with van der Waals surface area (Å²) in [5.74, 6) is 0.0240. The molecule has 0 bridgehead atoms. The van der Waals surface area contributed by atoms with Crippen LogP contribution in [0.2, 0.25) is 0 Å². The first kappa shape index (κ1) is 19.0. The lowest BCUT2D eigenvalue weighted by Gasteiger charge is -2.24. The van der Waals surface area contributed by atoms with Crippen LogP contribution in [0.4, 0.5) is 17.1 Å². The lowest BCUT2D eigenvalue weighted by Crippen LogP contribution is -2.34. The number of nitrogens with zero attached hydrogens (tertiary/aromatic N) is 1. The molecule has 2 aromatic rings. The van der Waals surface area contributed by atoms with Crippen molar-refractivity contribution in [2.24, 2.45) is 5.73 Å². The Morgan fingerprint density at radius 3 is 2.28 bits per heavy atom. The lowest BCUT2D eigenvalue weighted by molar-refractivity contribution is -0.117. The van der Waals surface area contributed by atoms with Crippen molar-refractivity contribution in [3.05, 3.63) is 54.6 Å². The highest BCUT2D eigenvalue weighted by Crippen LogP contribution is 2.19. The van der Waals surface area contributed by atoms with E-state index in [-0.39, 0.29) is 11.9 Å². The van der Waals surface area contributed by atoms with Crippen LogP contribution in [0, 0.1) is 0 Å². The van der Waals surface area contributed by atoms with E-state index in [1.807, 2.05) is 61.6 Å². The van der Waals surface area contributed by atoms with Crippen LogP contribution in [-0.4, -0.2) is 37.0 Å². The Labute approximate surface area is 150 Å². The summed E-state index contributed by atoms with van der Waals surface area (Å²) in [5, 5.41) is 6.28. The number of hydrogen-bond acceptors (Lipinski definition) is 4. The van der Waals surface area contributed by atoms with Crippen LogP contribution in [0.3, 0.4) is 0 Å². The molecule has 0 aliphatic heterocycles. The van der Waals surface area contributed by atoms with Gasteiger partial charge in [-0.05, 0) is 69.9 Å². The van der Waals surface area contributed by atoms with Gasteiger partial charge >= 0.3 is 0 Å². The number of rotatable bonds is 9. The van der Waals surface area contributed by atoms with Gasteiger partial charge in [-0.3, -0.25) is 4.79 Å². The van der Waals surface area contributed by atoms with Crippen LogP contribution < -0.4 is 16.4 Å². The summed E-state index contributed by atoms with van der Waals surface area (Å²) in [4.78, 5) is 14.4. The van der Waals surface area contributed by atoms with Crippen LogP contribution in [0.15, 0.2) is 54.6 Å². The number of para-hydroxylation sites is 1. The topological polar surface area (TPSA) is 70.4 Å². The zero-order chi connectivity index (χ0) is 18.1. The molecule has 0 aromatic heterocycles. The predicted octanol–water partition coefficient (Wildman–Crippen LogP) is 3.43. The first-order valence-electron chi connectivity index (χ1n) is 8.71. The summed E-state index contributed by atoms with van der Waals surface area (Å²) >= 11 is 0. The highest BCUT2D eigenvalue weighted by atomic mass is 16.1. The van der Waals surface area contributed by atoms with Crippen LogP contribution in [0.1, 0.15) is 19.8 Å². The number of amides is 1. The van der Waals surface area contributed by atoms with E-state index in [1.54, 1.807) is 0 Å². The van der Waals surface area contributed by atoms with E-state index in [4.69, 9.17) is 5.73 Å². The fourth-order valence-electron chi connectivity index (χ4n) is 2.52. The van der Waals surface area contributed by atoms with Crippen molar-refractivity contribution in [3.8, 4) is 0 Å². The monoisotopic (exact) mass is 340 g/mol. The summed E-state index contributed by atoms with van der Waals surface area (Å²) < 4.78 is 0. The molecule has 5 heteroatoms. The molecule has 2 aromatic carbocycles. The molecule has 0 fully saturated rings. The molecule has 5 nitrogen and oxygen atoms in total. The third-order valence-corrected chi connectivity index (χ3v) is 4.18. The number of anilines is 3. The van der Waals surface area contributed by atoms with Gasteiger partial charge < -0.3 is 21.3 Å². The smallest absolute Gasteiger partial charge is 0.225 e. The van der Waals surface area contributed by atoms with Gasteiger partial charge in [-0.15, -0.1) is 0 Å². The van der Waals surface area contributed by atoms with E-state index >= 15 is 0 Å². The summed E-state index contributed by atoms with van der Waals surface area (Å²) in [7, 11) is 2.03. The minimum Gasteiger partial charge on any atom is -0.356 e. The van der Waals surface area contributed by atoms with E-state index in [2.05, 4.69) is 22.5 Å². The van der Waals surface area contributed by atoms with Gasteiger partial charge in [0.25, 0.3) is 0 Å². The molecule has 2 rings (SSSR count). The third kappa shape index (κ3) is 6.57. The normalized spacial score (nSPS) is 12.0. The second-order valence-corrected chi connectivity index (χ2v) is 6.29. The molecule has 0 radical (unpaired) electrons. The molecule has 1 unspecified atom stereocenters. The van der Waals surface area contributed by atoms with Crippen molar-refractivity contribution in [1.82, 2.24) is 4.90 Å². The number of carbonyl (C=O) groups excluding carboxylic acids is 1. The number of benzene rings is 2. The lowest BCUT2D eigenvalue weighted by atomic mass is 10.2. The molecule has 25 heavy (non-hydrogen) atoms. The van der Waals surface area contributed by atoms with E-state index in [0.29, 0.717) is 13.0 Å². The summed E-state index contributed by atoms with van der Waals surface area (Å²) in [6, 6.07) is 17.9. The van der Waals surface area contributed by atoms with Gasteiger partial charge in [0.2, 0.25) is 5.91 Å². The van der Waals surface area contributed by atoms with Gasteiger partial charge in [0.05, 0.1) is 0 Å². The molecule has 0 saturated carbocycles. The number of nitrogens with two attached hydrogens (primary N) is 1. The van der Waals surface area contributed by atoms with Gasteiger partial charge in [-0.1, -0.05) is 18.2 Å². The van der Waals surface area contributed by atoms with E-state index in [0.717, 1.165) is 30.0 Å². The Hall–Kier alpha value is -2.37. The standard InChI is InChI=1S/C20H28N4O/c1-16(24(2)14-6-13-21)15-20(25)23-19-11-9-18(10-12-19)22-17-7-4-3-5-8-17/h3-5,7-12,16,22H,6,13-15,21H2,1-2H3,(H,23,25). The Morgan fingerprint density at radius 2 is 1.64 bits per heavy atom. The van der Waals surface area contributed by atoms with Crippen molar-refractivity contribution in [2.75, 3.05) is 30.8 Å². The summed E-state index contributed by atoms with van der Waals surface area (Å²) in [5.41, 5.74) is 8.36. The van der Waals surface area contributed by atoms with Crippen LogP contribution in [-0.2, 0) is 4.79 Å². The number of nitrogens with one attached hydrogen (secondary N) is 2. The minimum atomic E-state index is 0.0240. The highest BCUT2D eigenvalue weighted by molar-refractivity contribution is 5.91. The van der Waals surface area contributed by atoms with Gasteiger partial charge in [-0.2, -0.15) is 0 Å². The maximum atomic E-state index is 12.2. The molecule has 134 valence electrons. The largest absolute Gasteiger partial charge is 0.356 e. The van der Waals surface area contributed by atoms with Crippen LogP contribution in [0.5, 0.6) is 0 Å². The molecular formula is C20H28N4O. The zero-order valence-corrected chi connectivity index (χ0v) is 15.0. The molecule has 0 spiro atoms. The zero-order valence-electron chi connectivity index (χ0n) is 15.0. The van der Waals surface area contributed by atoms with E-state index in [1.165, 1.54) is 0 Å². The van der Waals surface area contributed by atoms with Crippen molar-refractivity contribution in [3.63, 3.8) is 0 Å². The second-order valence-electron chi connectivity index (χ2n) is 6.29. The average molecular weight is 340 g/mol. The molecule has 0 heterocycles. The predicted molar refractivity (Wildman–Crippen MR) is 105 cm³/mol. The third-order valence-electron chi connectivity index (χ3n) is 4.18. The second kappa shape index (κ2) is 9.81. The van der Waals surface area contributed by atoms with Crippen LogP contribution >= 0.6 is 0 Å². The number of hydrogen-bond donors (Lipinski definition) is 3. The maximum absolute atomic E-state index is 12.2. The van der Waals surface area contributed by atoms with Crippen molar-refractivity contribution in [2.45, 2.75) is 25.8 Å². The molecule has 4 N–H and O–H groups in total. The average Bonchev–Trinajstić information content (AvgIpc) is 2.62. The first-order valence-corrected chi connectivity index (χ1v) is 8.71. The Balaban J connectivity index is 1.83. The number of carbonyl (C=O) groups is 1. The Bertz CT molecular complexity index is 643. The molecule has 1 atom stereocenters. The molecule has 0 aliphatic carbocycles. The van der Waals surface area contributed by atoms with Crippen molar-refractivity contribution in [1.29, 1.82) is 0 Å². The fraction of sp³-hybridized carbons (Fsp3) is 0.350. The Kier molecular flexibility index (Phi) is 7.44. The van der Waals surface area contributed by atoms with E-state index < -0.39 is 0 Å². The fourth-order valence-corrected chi connectivity index (χ4v) is 2.52. The summed E-state index contributed by atoms with van der Waals surface area (Å²) in [6.45, 7) is 3.64. The van der Waals surface area contributed by atoms with E-state index in [9.17, 15) is 4.79 Å². The Morgan fingerprint density at radius 1 is 1.04 bits per heavy atom. The quantitative estimate of drug-likeness (QED) is 0.654. The SMILES string of the molecule is CC(CC(=O)Nc1ccc(Nc2ccccc2)cc1)N(C)CCCN. The van der Waals surface area contributed by atoms with Gasteiger partial charge in [-0.25, -0.2) is 0 Å².